The smallest absolute Gasteiger partial charge is 0.360 e. The molecule has 0 aliphatic heterocycles. The molecular formula is C11H18N4O3. The van der Waals surface area contributed by atoms with Crippen molar-refractivity contribution >= 4 is 11.9 Å². The number of nitrogens with zero attached hydrogens (tertiary/aromatic N) is 4. The van der Waals surface area contributed by atoms with E-state index in [2.05, 4.69) is 10.3 Å². The van der Waals surface area contributed by atoms with E-state index in [-0.39, 0.29) is 11.6 Å². The molecule has 7 heteroatoms. The van der Waals surface area contributed by atoms with E-state index in [4.69, 9.17) is 4.74 Å². The monoisotopic (exact) mass is 254 g/mol. The molecule has 7 nitrogen and oxygen atoms in total. The van der Waals surface area contributed by atoms with Crippen LogP contribution in [0.5, 0.6) is 0 Å². The number of aryl methyl sites for hydroxylation is 1. The standard InChI is InChI=1S/C11H18N4O3/c1-5-18-11(17)10-8(2)15(13-12-10)7-6-9(16)14(3)4/h5-7H2,1-4H3. The first-order chi connectivity index (χ1) is 8.47. The molecule has 1 aromatic rings. The van der Waals surface area contributed by atoms with Crippen LogP contribution >= 0.6 is 0 Å². The number of esters is 1. The molecule has 0 spiro atoms. The van der Waals surface area contributed by atoms with Crippen LogP contribution in [0.3, 0.4) is 0 Å². The minimum absolute atomic E-state index is 0.00239. The lowest BCUT2D eigenvalue weighted by Crippen LogP contribution is -2.23. The zero-order valence-corrected chi connectivity index (χ0v) is 11.1. The Bertz CT molecular complexity index is 439. The summed E-state index contributed by atoms with van der Waals surface area (Å²) in [5, 5.41) is 7.62. The SMILES string of the molecule is CCOC(=O)c1nnn(CCC(=O)N(C)C)c1C. The molecule has 0 saturated carbocycles. The van der Waals surface area contributed by atoms with Gasteiger partial charge in [0, 0.05) is 20.5 Å². The number of hydrogen-bond donors (Lipinski definition) is 0. The Morgan fingerprint density at radius 2 is 2.06 bits per heavy atom. The quantitative estimate of drug-likeness (QED) is 0.703. The van der Waals surface area contributed by atoms with Gasteiger partial charge in [-0.3, -0.25) is 4.79 Å². The number of amides is 1. The number of rotatable bonds is 5. The van der Waals surface area contributed by atoms with Crippen LogP contribution in [-0.2, 0) is 16.1 Å². The van der Waals surface area contributed by atoms with Crippen molar-refractivity contribution in [1.82, 2.24) is 19.9 Å². The van der Waals surface area contributed by atoms with Gasteiger partial charge in [-0.05, 0) is 13.8 Å². The molecule has 100 valence electrons. The molecule has 0 atom stereocenters. The maximum absolute atomic E-state index is 11.5. The van der Waals surface area contributed by atoms with Gasteiger partial charge in [0.1, 0.15) is 0 Å². The van der Waals surface area contributed by atoms with E-state index >= 15 is 0 Å². The maximum atomic E-state index is 11.5. The first-order valence-corrected chi connectivity index (χ1v) is 5.74. The van der Waals surface area contributed by atoms with Crippen LogP contribution in [0.2, 0.25) is 0 Å². The van der Waals surface area contributed by atoms with Gasteiger partial charge in [0.2, 0.25) is 5.91 Å². The highest BCUT2D eigenvalue weighted by molar-refractivity contribution is 5.88. The van der Waals surface area contributed by atoms with Gasteiger partial charge in [0.05, 0.1) is 18.8 Å². The molecule has 0 fully saturated rings. The van der Waals surface area contributed by atoms with Crippen LogP contribution < -0.4 is 0 Å². The molecule has 0 N–H and O–H groups in total. The molecule has 18 heavy (non-hydrogen) atoms. The second-order valence-electron chi connectivity index (χ2n) is 4.01. The summed E-state index contributed by atoms with van der Waals surface area (Å²) in [5.74, 6) is -0.484. The second-order valence-corrected chi connectivity index (χ2v) is 4.01. The largest absolute Gasteiger partial charge is 0.461 e. The molecule has 1 heterocycles. The topological polar surface area (TPSA) is 77.3 Å². The average molecular weight is 254 g/mol. The van der Waals surface area contributed by atoms with Gasteiger partial charge in [-0.15, -0.1) is 5.10 Å². The predicted octanol–water partition coefficient (Wildman–Crippen LogP) is 0.242. The fourth-order valence-electron chi connectivity index (χ4n) is 1.39. The van der Waals surface area contributed by atoms with Crippen molar-refractivity contribution in [3.8, 4) is 0 Å². The van der Waals surface area contributed by atoms with Crippen LogP contribution in [0.4, 0.5) is 0 Å². The van der Waals surface area contributed by atoms with E-state index in [1.54, 1.807) is 27.9 Å². The summed E-state index contributed by atoms with van der Waals surface area (Å²) in [6, 6.07) is 0. The summed E-state index contributed by atoms with van der Waals surface area (Å²) in [7, 11) is 3.39. The average Bonchev–Trinajstić information content (AvgIpc) is 2.67. The van der Waals surface area contributed by atoms with Crippen molar-refractivity contribution in [1.29, 1.82) is 0 Å². The van der Waals surface area contributed by atoms with Gasteiger partial charge in [0.15, 0.2) is 5.69 Å². The number of ether oxygens (including phenoxy) is 1. The van der Waals surface area contributed by atoms with Crippen LogP contribution in [0.25, 0.3) is 0 Å². The fourth-order valence-corrected chi connectivity index (χ4v) is 1.39. The van der Waals surface area contributed by atoms with Crippen LogP contribution in [0.15, 0.2) is 0 Å². The minimum atomic E-state index is -0.486. The van der Waals surface area contributed by atoms with Gasteiger partial charge in [-0.1, -0.05) is 5.21 Å². The number of hydrogen-bond acceptors (Lipinski definition) is 5. The Balaban J connectivity index is 2.69. The molecule has 0 radical (unpaired) electrons. The van der Waals surface area contributed by atoms with Gasteiger partial charge in [-0.2, -0.15) is 0 Å². The highest BCUT2D eigenvalue weighted by Gasteiger charge is 2.17. The Kier molecular flexibility index (Phi) is 4.82. The van der Waals surface area contributed by atoms with Crippen molar-refractivity contribution in [2.24, 2.45) is 0 Å². The molecule has 0 aliphatic rings. The Morgan fingerprint density at radius 1 is 1.39 bits per heavy atom. The number of aromatic nitrogens is 3. The van der Waals surface area contributed by atoms with Crippen LogP contribution in [0.1, 0.15) is 29.5 Å². The molecule has 1 aromatic heterocycles. The molecular weight excluding hydrogens is 236 g/mol. The lowest BCUT2D eigenvalue weighted by atomic mass is 10.3. The third-order valence-corrected chi connectivity index (χ3v) is 2.49. The highest BCUT2D eigenvalue weighted by atomic mass is 16.5. The summed E-state index contributed by atoms with van der Waals surface area (Å²) < 4.78 is 6.39. The first-order valence-electron chi connectivity index (χ1n) is 5.74. The summed E-state index contributed by atoms with van der Waals surface area (Å²) in [6.45, 7) is 4.15. The third kappa shape index (κ3) is 3.28. The lowest BCUT2D eigenvalue weighted by Gasteiger charge is -2.10. The second kappa shape index (κ2) is 6.13. The lowest BCUT2D eigenvalue weighted by molar-refractivity contribution is -0.128. The van der Waals surface area contributed by atoms with Gasteiger partial charge in [0.25, 0.3) is 0 Å². The van der Waals surface area contributed by atoms with Crippen molar-refractivity contribution in [3.63, 3.8) is 0 Å². The molecule has 0 unspecified atom stereocenters. The van der Waals surface area contributed by atoms with Crippen LogP contribution in [0, 0.1) is 6.92 Å². The van der Waals surface area contributed by atoms with Crippen molar-refractivity contribution in [3.05, 3.63) is 11.4 Å². The Hall–Kier alpha value is -1.92. The molecule has 0 aliphatic carbocycles. The molecule has 1 rings (SSSR count). The number of carbonyl (C=O) groups is 2. The maximum Gasteiger partial charge on any atom is 0.360 e. The molecule has 1 amide bonds. The fraction of sp³-hybridized carbons (Fsp3) is 0.636. The van der Waals surface area contributed by atoms with Gasteiger partial charge >= 0.3 is 5.97 Å². The third-order valence-electron chi connectivity index (χ3n) is 2.49. The summed E-state index contributed by atoms with van der Waals surface area (Å²) in [6.07, 6.45) is 0.319. The van der Waals surface area contributed by atoms with Crippen molar-refractivity contribution in [2.75, 3.05) is 20.7 Å². The van der Waals surface area contributed by atoms with E-state index < -0.39 is 5.97 Å². The Morgan fingerprint density at radius 3 is 2.61 bits per heavy atom. The van der Waals surface area contributed by atoms with E-state index in [1.165, 1.54) is 9.58 Å². The van der Waals surface area contributed by atoms with E-state index in [0.717, 1.165) is 0 Å². The van der Waals surface area contributed by atoms with Gasteiger partial charge in [-0.25, -0.2) is 9.48 Å². The van der Waals surface area contributed by atoms with Crippen molar-refractivity contribution < 1.29 is 14.3 Å². The van der Waals surface area contributed by atoms with Crippen molar-refractivity contribution in [2.45, 2.75) is 26.8 Å². The molecule has 0 saturated heterocycles. The molecule has 0 bridgehead atoms. The summed E-state index contributed by atoms with van der Waals surface area (Å²) in [5.41, 5.74) is 0.814. The molecule has 0 aromatic carbocycles. The van der Waals surface area contributed by atoms with Gasteiger partial charge < -0.3 is 9.64 Å². The van der Waals surface area contributed by atoms with Crippen LogP contribution in [-0.4, -0.2) is 52.5 Å². The normalized spacial score (nSPS) is 10.2. The highest BCUT2D eigenvalue weighted by Crippen LogP contribution is 2.06. The summed E-state index contributed by atoms with van der Waals surface area (Å²) in [4.78, 5) is 24.5. The Labute approximate surface area is 106 Å². The first kappa shape index (κ1) is 14.1. The predicted molar refractivity (Wildman–Crippen MR) is 64.0 cm³/mol. The van der Waals surface area contributed by atoms with E-state index in [9.17, 15) is 9.59 Å². The summed E-state index contributed by atoms with van der Waals surface area (Å²) >= 11 is 0. The van der Waals surface area contributed by atoms with E-state index in [0.29, 0.717) is 25.3 Å². The zero-order chi connectivity index (χ0) is 13.7. The minimum Gasteiger partial charge on any atom is -0.461 e. The zero-order valence-electron chi connectivity index (χ0n) is 11.1. The van der Waals surface area contributed by atoms with E-state index in [1.807, 2.05) is 0 Å². The number of carbonyl (C=O) groups excluding carboxylic acids is 2.